The largest absolute Gasteiger partial charge is 0.551 e. The topological polar surface area (TPSA) is 93.7 Å². The van der Waals surface area contributed by atoms with Crippen molar-refractivity contribution in [2.24, 2.45) is 5.92 Å². The van der Waals surface area contributed by atoms with Gasteiger partial charge in [0.25, 0.3) is 5.91 Å². The van der Waals surface area contributed by atoms with Crippen LogP contribution in [-0.4, -0.2) is 44.0 Å². The molecule has 2 amide bonds. The lowest BCUT2D eigenvalue weighted by atomic mass is 9.74. The van der Waals surface area contributed by atoms with Crippen LogP contribution in [0.5, 0.6) is 0 Å². The van der Waals surface area contributed by atoms with E-state index in [1.165, 1.54) is 12.1 Å². The van der Waals surface area contributed by atoms with Gasteiger partial charge in [-0.3, -0.25) is 14.4 Å². The monoisotopic (exact) mass is 400 g/mol. The summed E-state index contributed by atoms with van der Waals surface area (Å²) in [4.78, 5) is 35.6. The van der Waals surface area contributed by atoms with Gasteiger partial charge in [0.1, 0.15) is 6.61 Å². The standard InChI is InChI=1S/C16H19BCl2N2O5/c1-9(2)5-13(17-25-8-15(23)26-17)21-14(22)7-20-16(24)11-6-10(18)3-4-12(11)19/h3-4,6,9,13H,5,7-8H2,1-2H3,(H,20,24)(H,21,22)/t13-/m0/s1. The summed E-state index contributed by atoms with van der Waals surface area (Å²) in [7, 11) is -0.827. The fourth-order valence-electron chi connectivity index (χ4n) is 2.48. The van der Waals surface area contributed by atoms with E-state index >= 15 is 0 Å². The van der Waals surface area contributed by atoms with Crippen LogP contribution in [0, 0.1) is 5.92 Å². The molecule has 10 heteroatoms. The summed E-state index contributed by atoms with van der Waals surface area (Å²) in [6, 6.07) is 4.49. The summed E-state index contributed by atoms with van der Waals surface area (Å²) in [6.07, 6.45) is 0.553. The minimum Gasteiger partial charge on any atom is -0.507 e. The van der Waals surface area contributed by atoms with E-state index in [-0.39, 0.29) is 29.7 Å². The van der Waals surface area contributed by atoms with Gasteiger partial charge >= 0.3 is 13.1 Å². The summed E-state index contributed by atoms with van der Waals surface area (Å²) in [5.74, 6) is -1.68. The summed E-state index contributed by atoms with van der Waals surface area (Å²) in [5.41, 5.74) is 0.179. The van der Waals surface area contributed by atoms with Crippen molar-refractivity contribution in [3.05, 3.63) is 33.8 Å². The normalized spacial score (nSPS) is 15.0. The smallest absolute Gasteiger partial charge is 0.507 e. The number of rotatable bonds is 7. The molecule has 0 saturated carbocycles. The molecule has 1 aliphatic heterocycles. The van der Waals surface area contributed by atoms with Crippen LogP contribution < -0.4 is 10.6 Å². The Morgan fingerprint density at radius 1 is 1.31 bits per heavy atom. The van der Waals surface area contributed by atoms with Crippen molar-refractivity contribution in [1.82, 2.24) is 10.6 Å². The van der Waals surface area contributed by atoms with Crippen LogP contribution in [0.25, 0.3) is 0 Å². The first kappa shape index (κ1) is 20.5. The summed E-state index contributed by atoms with van der Waals surface area (Å²) < 4.78 is 10.3. The van der Waals surface area contributed by atoms with Crippen LogP contribution in [0.3, 0.4) is 0 Å². The lowest BCUT2D eigenvalue weighted by molar-refractivity contribution is -0.132. The molecule has 1 fully saturated rings. The van der Waals surface area contributed by atoms with Crippen molar-refractivity contribution >= 4 is 48.1 Å². The van der Waals surface area contributed by atoms with E-state index in [0.717, 1.165) is 0 Å². The third kappa shape index (κ3) is 5.90. The first-order valence-corrected chi connectivity index (χ1v) is 8.85. The quantitative estimate of drug-likeness (QED) is 0.681. The molecule has 0 aliphatic carbocycles. The fourth-order valence-corrected chi connectivity index (χ4v) is 2.85. The highest BCUT2D eigenvalue weighted by molar-refractivity contribution is 6.51. The van der Waals surface area contributed by atoms with E-state index in [4.69, 9.17) is 32.5 Å². The second kappa shape index (κ2) is 9.25. The number of carbonyl (C=O) groups excluding carboxylic acids is 3. The van der Waals surface area contributed by atoms with Gasteiger partial charge in [0.15, 0.2) is 0 Å². The Balaban J connectivity index is 1.92. The van der Waals surface area contributed by atoms with E-state index in [1.54, 1.807) is 6.07 Å². The number of nitrogens with one attached hydrogen (secondary N) is 2. The molecule has 0 unspecified atom stereocenters. The van der Waals surface area contributed by atoms with Gasteiger partial charge in [-0.15, -0.1) is 0 Å². The number of amides is 2. The maximum absolute atomic E-state index is 12.2. The molecule has 0 spiro atoms. The Hall–Kier alpha value is -1.77. The van der Waals surface area contributed by atoms with Gasteiger partial charge < -0.3 is 19.9 Å². The molecular formula is C16H19BCl2N2O5. The molecule has 2 N–H and O–H groups in total. The first-order chi connectivity index (χ1) is 12.3. The Morgan fingerprint density at radius 2 is 2.04 bits per heavy atom. The number of carbonyl (C=O) groups is 3. The van der Waals surface area contributed by atoms with Gasteiger partial charge in [0, 0.05) is 5.02 Å². The van der Waals surface area contributed by atoms with E-state index in [1.807, 2.05) is 13.8 Å². The number of halogens is 2. The first-order valence-electron chi connectivity index (χ1n) is 8.10. The Bertz CT molecular complexity index is 701. The molecule has 0 aromatic heterocycles. The van der Waals surface area contributed by atoms with Gasteiger partial charge in [-0.05, 0) is 30.5 Å². The van der Waals surface area contributed by atoms with Gasteiger partial charge in [-0.25, -0.2) is 0 Å². The van der Waals surface area contributed by atoms with Gasteiger partial charge in [-0.1, -0.05) is 37.0 Å². The van der Waals surface area contributed by atoms with Crippen molar-refractivity contribution in [3.63, 3.8) is 0 Å². The summed E-state index contributed by atoms with van der Waals surface area (Å²) in [5, 5.41) is 5.81. The zero-order valence-electron chi connectivity index (χ0n) is 14.4. The molecule has 0 radical (unpaired) electrons. The van der Waals surface area contributed by atoms with Crippen LogP contribution in [0.15, 0.2) is 18.2 Å². The van der Waals surface area contributed by atoms with E-state index in [2.05, 4.69) is 10.6 Å². The molecule has 1 aromatic rings. The zero-order valence-corrected chi connectivity index (χ0v) is 15.9. The van der Waals surface area contributed by atoms with Gasteiger partial charge in [0.05, 0.1) is 23.1 Å². The maximum atomic E-state index is 12.2. The molecular weight excluding hydrogens is 382 g/mol. The molecule has 26 heavy (non-hydrogen) atoms. The lowest BCUT2D eigenvalue weighted by Crippen LogP contribution is -2.50. The molecule has 1 aromatic carbocycles. The molecule has 7 nitrogen and oxygen atoms in total. The van der Waals surface area contributed by atoms with Crippen molar-refractivity contribution in [1.29, 1.82) is 0 Å². The van der Waals surface area contributed by atoms with Crippen LogP contribution >= 0.6 is 23.2 Å². The number of hydrogen-bond acceptors (Lipinski definition) is 5. The van der Waals surface area contributed by atoms with Crippen molar-refractivity contribution in [2.75, 3.05) is 13.2 Å². The minimum absolute atomic E-state index is 0.140. The fraction of sp³-hybridized carbons (Fsp3) is 0.438. The summed E-state index contributed by atoms with van der Waals surface area (Å²) in [6.45, 7) is 3.54. The predicted molar refractivity (Wildman–Crippen MR) is 98.0 cm³/mol. The van der Waals surface area contributed by atoms with Crippen LogP contribution in [-0.2, 0) is 18.9 Å². The minimum atomic E-state index is -0.827. The molecule has 1 atom stereocenters. The van der Waals surface area contributed by atoms with Crippen molar-refractivity contribution < 1.29 is 23.7 Å². The van der Waals surface area contributed by atoms with Gasteiger partial charge in [-0.2, -0.15) is 0 Å². The van der Waals surface area contributed by atoms with Crippen LogP contribution in [0.4, 0.5) is 0 Å². The highest BCUT2D eigenvalue weighted by atomic mass is 35.5. The van der Waals surface area contributed by atoms with E-state index in [0.29, 0.717) is 11.4 Å². The SMILES string of the molecule is CC(C)C[C@H](NC(=O)CNC(=O)c1cc(Cl)ccc1Cl)B1OCC(=O)O1. The third-order valence-corrected chi connectivity index (χ3v) is 4.16. The molecule has 1 heterocycles. The van der Waals surface area contributed by atoms with Crippen molar-refractivity contribution in [2.45, 2.75) is 26.2 Å². The number of benzene rings is 1. The van der Waals surface area contributed by atoms with Crippen molar-refractivity contribution in [3.8, 4) is 0 Å². The number of hydrogen-bond donors (Lipinski definition) is 2. The molecule has 140 valence electrons. The summed E-state index contributed by atoms with van der Waals surface area (Å²) >= 11 is 11.8. The zero-order chi connectivity index (χ0) is 19.3. The Labute approximate surface area is 161 Å². The van der Waals surface area contributed by atoms with Crippen LogP contribution in [0.1, 0.15) is 30.6 Å². The Morgan fingerprint density at radius 3 is 2.65 bits per heavy atom. The average molecular weight is 401 g/mol. The average Bonchev–Trinajstić information content (AvgIpc) is 3.00. The molecule has 2 rings (SSSR count). The molecule has 0 bridgehead atoms. The second-order valence-electron chi connectivity index (χ2n) is 6.28. The predicted octanol–water partition coefficient (Wildman–Crippen LogP) is 1.85. The third-order valence-electron chi connectivity index (χ3n) is 3.60. The highest BCUT2D eigenvalue weighted by Gasteiger charge is 2.40. The molecule has 1 aliphatic rings. The van der Waals surface area contributed by atoms with E-state index in [9.17, 15) is 14.4 Å². The maximum Gasteiger partial charge on any atom is 0.551 e. The second-order valence-corrected chi connectivity index (χ2v) is 7.12. The Kier molecular flexibility index (Phi) is 7.31. The lowest BCUT2D eigenvalue weighted by Gasteiger charge is -2.21. The van der Waals surface area contributed by atoms with Crippen LogP contribution in [0.2, 0.25) is 10.0 Å². The van der Waals surface area contributed by atoms with E-state index < -0.39 is 30.8 Å². The molecule has 1 saturated heterocycles. The highest BCUT2D eigenvalue weighted by Crippen LogP contribution is 2.20. The van der Waals surface area contributed by atoms with Gasteiger partial charge in [0.2, 0.25) is 5.91 Å².